The van der Waals surface area contributed by atoms with Crippen molar-refractivity contribution >= 4 is 17.6 Å². The van der Waals surface area contributed by atoms with Gasteiger partial charge in [0.1, 0.15) is 6.61 Å². The van der Waals surface area contributed by atoms with Crippen LogP contribution < -0.4 is 5.73 Å². The van der Waals surface area contributed by atoms with E-state index in [2.05, 4.69) is 25.7 Å². The smallest absolute Gasteiger partial charge is 0.341 e. The summed E-state index contributed by atoms with van der Waals surface area (Å²) in [5.41, 5.74) is 6.54. The van der Waals surface area contributed by atoms with Crippen LogP contribution in [0.5, 0.6) is 0 Å². The van der Waals surface area contributed by atoms with E-state index in [4.69, 9.17) is 15.2 Å². The summed E-state index contributed by atoms with van der Waals surface area (Å²) in [7, 11) is 0. The molecule has 38 heavy (non-hydrogen) atoms. The number of esters is 2. The number of nitrogen functional groups attached to an aromatic ring is 1. The van der Waals surface area contributed by atoms with E-state index in [0.29, 0.717) is 13.2 Å². The van der Waals surface area contributed by atoms with Gasteiger partial charge in [0, 0.05) is 12.2 Å². The predicted octanol–water partition coefficient (Wildman–Crippen LogP) is 8.19. The largest absolute Gasteiger partial charge is 0.462 e. The van der Waals surface area contributed by atoms with Crippen molar-refractivity contribution in [3.05, 3.63) is 29.3 Å². The fourth-order valence-corrected chi connectivity index (χ4v) is 4.74. The van der Waals surface area contributed by atoms with Crippen molar-refractivity contribution < 1.29 is 19.1 Å². The fraction of sp³-hybridized carbons (Fsp3) is 0.750. The van der Waals surface area contributed by atoms with Crippen LogP contribution in [0.3, 0.4) is 0 Å². The summed E-state index contributed by atoms with van der Waals surface area (Å²) in [4.78, 5) is 27.5. The molecule has 0 aromatic heterocycles. The molecule has 0 radical (unpaired) electrons. The van der Waals surface area contributed by atoms with Crippen molar-refractivity contribution in [1.29, 1.82) is 0 Å². The zero-order valence-corrected chi connectivity index (χ0v) is 24.7. The van der Waals surface area contributed by atoms with Gasteiger partial charge in [0.15, 0.2) is 0 Å². The summed E-state index contributed by atoms with van der Waals surface area (Å²) in [5, 5.41) is 0. The van der Waals surface area contributed by atoms with E-state index < -0.39 is 11.9 Å². The minimum Gasteiger partial charge on any atom is -0.462 e. The molecule has 0 aliphatic rings. The molecule has 1 aromatic rings. The molecule has 0 bridgehead atoms. The lowest BCUT2D eigenvalue weighted by molar-refractivity contribution is 0.0433. The minimum atomic E-state index is -0.556. The van der Waals surface area contributed by atoms with Gasteiger partial charge in [0.05, 0.1) is 17.7 Å². The maximum atomic E-state index is 12.7. The Bertz CT molecular complexity index is 749. The number of rotatable bonds is 24. The lowest BCUT2D eigenvalue weighted by Crippen LogP contribution is -2.28. The number of unbranched alkanes of at least 4 members (excludes halogenated alkanes) is 15. The average molecular weight is 533 g/mol. The normalized spacial score (nSPS) is 11.2. The third-order valence-corrected chi connectivity index (χ3v) is 7.29. The summed E-state index contributed by atoms with van der Waals surface area (Å²) in [6.07, 6.45) is 20.8. The molecule has 6 nitrogen and oxygen atoms in total. The number of carbonyl (C=O) groups excluding carboxylic acids is 2. The molecule has 0 unspecified atom stereocenters. The molecule has 218 valence electrons. The van der Waals surface area contributed by atoms with Crippen LogP contribution in [-0.2, 0) is 9.47 Å². The molecule has 0 saturated heterocycles. The zero-order chi connectivity index (χ0) is 27.8. The first-order chi connectivity index (χ1) is 18.5. The summed E-state index contributed by atoms with van der Waals surface area (Å²) in [6, 6.07) is 4.84. The van der Waals surface area contributed by atoms with Gasteiger partial charge in [-0.3, -0.25) is 0 Å². The number of nitrogens with zero attached hydrogens (tertiary/aromatic N) is 1. The van der Waals surface area contributed by atoms with Gasteiger partial charge in [-0.05, 0) is 31.6 Å². The van der Waals surface area contributed by atoms with Gasteiger partial charge in [0.2, 0.25) is 0 Å². The number of benzene rings is 1. The molecule has 2 N–H and O–H groups in total. The van der Waals surface area contributed by atoms with Gasteiger partial charge in [-0.1, -0.05) is 123 Å². The van der Waals surface area contributed by atoms with Crippen LogP contribution >= 0.6 is 0 Å². The SMILES string of the molecule is CCCCCCCCCCCCCCCCCCOC(=O)c1c(N)cccc1C(=O)OCCN(CC)CC. The first-order valence-corrected chi connectivity index (χ1v) is 15.5. The highest BCUT2D eigenvalue weighted by atomic mass is 16.5. The van der Waals surface area contributed by atoms with Crippen LogP contribution in [-0.4, -0.2) is 49.7 Å². The molecule has 0 aliphatic carbocycles. The molecule has 0 atom stereocenters. The number of anilines is 1. The molecule has 0 spiro atoms. The first kappa shape index (κ1) is 33.9. The molecule has 0 amide bonds. The van der Waals surface area contributed by atoms with Crippen molar-refractivity contribution in [2.24, 2.45) is 0 Å². The van der Waals surface area contributed by atoms with Crippen LogP contribution in [0.15, 0.2) is 18.2 Å². The molecule has 1 rings (SSSR count). The Balaban J connectivity index is 2.15. The van der Waals surface area contributed by atoms with E-state index in [1.165, 1.54) is 83.5 Å². The molecule has 0 fully saturated rings. The van der Waals surface area contributed by atoms with Crippen molar-refractivity contribution in [3.8, 4) is 0 Å². The quantitative estimate of drug-likeness (QED) is 0.0821. The lowest BCUT2D eigenvalue weighted by Gasteiger charge is -2.18. The Morgan fingerprint density at radius 3 is 1.63 bits per heavy atom. The second kappa shape index (κ2) is 22.9. The number of hydrogen-bond donors (Lipinski definition) is 1. The maximum absolute atomic E-state index is 12.7. The van der Waals surface area contributed by atoms with Crippen molar-refractivity contribution in [3.63, 3.8) is 0 Å². The van der Waals surface area contributed by atoms with E-state index in [0.717, 1.165) is 32.4 Å². The predicted molar refractivity (Wildman–Crippen MR) is 159 cm³/mol. The Morgan fingerprint density at radius 2 is 1.13 bits per heavy atom. The second-order valence-corrected chi connectivity index (χ2v) is 10.4. The second-order valence-electron chi connectivity index (χ2n) is 10.4. The molecule has 0 aliphatic heterocycles. The average Bonchev–Trinajstić information content (AvgIpc) is 2.92. The van der Waals surface area contributed by atoms with Crippen LogP contribution in [0.2, 0.25) is 0 Å². The van der Waals surface area contributed by atoms with Gasteiger partial charge in [-0.25, -0.2) is 9.59 Å². The van der Waals surface area contributed by atoms with E-state index >= 15 is 0 Å². The van der Waals surface area contributed by atoms with Crippen LogP contribution in [0, 0.1) is 0 Å². The summed E-state index contributed by atoms with van der Waals surface area (Å²) >= 11 is 0. The third-order valence-electron chi connectivity index (χ3n) is 7.29. The summed E-state index contributed by atoms with van der Waals surface area (Å²) in [5.74, 6) is -1.10. The fourth-order valence-electron chi connectivity index (χ4n) is 4.74. The standard InChI is InChI=1S/C32H56N2O4/c1-4-7-8-9-10-11-12-13-14-15-16-17-18-19-20-21-26-37-32(36)30-28(23-22-24-29(30)33)31(35)38-27-25-34(5-2)6-3/h22-24H,4-21,25-27,33H2,1-3H3. The molecule has 6 heteroatoms. The molecular formula is C32H56N2O4. The number of ether oxygens (including phenoxy) is 2. The van der Waals surface area contributed by atoms with E-state index in [9.17, 15) is 9.59 Å². The molecule has 1 aromatic carbocycles. The molecule has 0 heterocycles. The van der Waals surface area contributed by atoms with E-state index in [-0.39, 0.29) is 23.4 Å². The van der Waals surface area contributed by atoms with Gasteiger partial charge < -0.3 is 20.1 Å². The Morgan fingerprint density at radius 1 is 0.658 bits per heavy atom. The minimum absolute atomic E-state index is 0.108. The summed E-state index contributed by atoms with van der Waals surface area (Å²) < 4.78 is 10.9. The van der Waals surface area contributed by atoms with Gasteiger partial charge in [0.25, 0.3) is 0 Å². The van der Waals surface area contributed by atoms with Crippen LogP contribution in [0.1, 0.15) is 144 Å². The third kappa shape index (κ3) is 15.4. The van der Waals surface area contributed by atoms with E-state index in [1.54, 1.807) is 18.2 Å². The number of carbonyl (C=O) groups is 2. The first-order valence-electron chi connectivity index (χ1n) is 15.5. The monoisotopic (exact) mass is 532 g/mol. The van der Waals surface area contributed by atoms with Crippen molar-refractivity contribution in [1.82, 2.24) is 4.90 Å². The van der Waals surface area contributed by atoms with Gasteiger partial charge in [-0.2, -0.15) is 0 Å². The Hall–Kier alpha value is -2.08. The highest BCUT2D eigenvalue weighted by molar-refractivity contribution is 6.06. The van der Waals surface area contributed by atoms with Crippen LogP contribution in [0.25, 0.3) is 0 Å². The van der Waals surface area contributed by atoms with Crippen molar-refractivity contribution in [2.45, 2.75) is 124 Å². The number of hydrogen-bond acceptors (Lipinski definition) is 6. The lowest BCUT2D eigenvalue weighted by atomic mass is 10.0. The maximum Gasteiger partial charge on any atom is 0.341 e. The molecule has 0 saturated carbocycles. The summed E-state index contributed by atoms with van der Waals surface area (Å²) in [6.45, 7) is 9.44. The zero-order valence-electron chi connectivity index (χ0n) is 24.7. The highest BCUT2D eigenvalue weighted by Crippen LogP contribution is 2.20. The number of nitrogens with two attached hydrogens (primary N) is 1. The van der Waals surface area contributed by atoms with Crippen molar-refractivity contribution in [2.75, 3.05) is 38.6 Å². The Kier molecular flexibility index (Phi) is 20.4. The van der Waals surface area contributed by atoms with Crippen LogP contribution in [0.4, 0.5) is 5.69 Å². The number of likely N-dealkylation sites (N-methyl/N-ethyl adjacent to an activating group) is 1. The van der Waals surface area contributed by atoms with Gasteiger partial charge >= 0.3 is 11.9 Å². The van der Waals surface area contributed by atoms with E-state index in [1.807, 2.05) is 0 Å². The molecular weight excluding hydrogens is 476 g/mol. The highest BCUT2D eigenvalue weighted by Gasteiger charge is 2.22. The Labute approximate surface area is 233 Å². The van der Waals surface area contributed by atoms with Gasteiger partial charge in [-0.15, -0.1) is 0 Å². The topological polar surface area (TPSA) is 81.9 Å².